The summed E-state index contributed by atoms with van der Waals surface area (Å²) in [4.78, 5) is 14.5. The van der Waals surface area contributed by atoms with E-state index < -0.39 is 0 Å². The van der Waals surface area contributed by atoms with Crippen molar-refractivity contribution in [1.82, 2.24) is 20.1 Å². The molecular weight excluding hydrogens is 276 g/mol. The van der Waals surface area contributed by atoms with Gasteiger partial charge in [-0.25, -0.2) is 0 Å². The van der Waals surface area contributed by atoms with Gasteiger partial charge in [0.25, 0.3) is 5.91 Å². The van der Waals surface area contributed by atoms with Crippen LogP contribution in [0.1, 0.15) is 23.8 Å². The first kappa shape index (κ1) is 15.4. The Bertz CT molecular complexity index is 440. The number of rotatable bonds is 6. The summed E-state index contributed by atoms with van der Waals surface area (Å²) < 4.78 is 1.92. The number of amides is 1. The summed E-state index contributed by atoms with van der Waals surface area (Å²) in [6, 6.07) is 1.73. The molecule has 20 heavy (non-hydrogen) atoms. The summed E-state index contributed by atoms with van der Waals surface area (Å²) in [6.07, 6.45) is 2.79. The molecule has 0 aliphatic carbocycles. The van der Waals surface area contributed by atoms with Crippen molar-refractivity contribution in [3.05, 3.63) is 23.0 Å². The van der Waals surface area contributed by atoms with Crippen LogP contribution in [0.15, 0.2) is 12.3 Å². The number of carbonyl (C=O) groups excluding carboxylic acids is 1. The van der Waals surface area contributed by atoms with E-state index in [0.29, 0.717) is 17.3 Å². The molecule has 0 radical (unpaired) electrons. The lowest BCUT2D eigenvalue weighted by atomic mass is 10.3. The van der Waals surface area contributed by atoms with Crippen LogP contribution in [0.4, 0.5) is 0 Å². The van der Waals surface area contributed by atoms with Crippen molar-refractivity contribution >= 4 is 17.5 Å². The molecule has 2 heterocycles. The molecule has 0 unspecified atom stereocenters. The fourth-order valence-corrected chi connectivity index (χ4v) is 2.67. The lowest BCUT2D eigenvalue weighted by Crippen LogP contribution is -2.46. The van der Waals surface area contributed by atoms with E-state index in [0.717, 1.165) is 45.7 Å². The van der Waals surface area contributed by atoms with E-state index in [1.807, 2.05) is 10.8 Å². The average Bonchev–Trinajstić information content (AvgIpc) is 2.81. The first-order valence-electron chi connectivity index (χ1n) is 7.27. The summed E-state index contributed by atoms with van der Waals surface area (Å²) in [5.74, 6) is -0.0412. The number of aromatic nitrogens is 1. The van der Waals surface area contributed by atoms with Crippen LogP contribution in [0.25, 0.3) is 0 Å². The van der Waals surface area contributed by atoms with E-state index in [-0.39, 0.29) is 5.91 Å². The van der Waals surface area contributed by atoms with Gasteiger partial charge in [-0.3, -0.25) is 9.69 Å². The number of nitrogens with zero attached hydrogens (tertiary/aromatic N) is 2. The minimum absolute atomic E-state index is 0.0412. The molecule has 1 saturated heterocycles. The Kier molecular flexibility index (Phi) is 5.88. The minimum Gasteiger partial charge on any atom is -0.349 e. The van der Waals surface area contributed by atoms with Crippen LogP contribution < -0.4 is 10.6 Å². The fourth-order valence-electron chi connectivity index (χ4n) is 2.44. The molecule has 0 spiro atoms. The van der Waals surface area contributed by atoms with E-state index in [1.165, 1.54) is 0 Å². The van der Waals surface area contributed by atoms with Crippen molar-refractivity contribution in [1.29, 1.82) is 0 Å². The van der Waals surface area contributed by atoms with Crippen LogP contribution in [0, 0.1) is 0 Å². The molecule has 112 valence electrons. The molecule has 2 rings (SSSR count). The first-order chi connectivity index (χ1) is 9.70. The van der Waals surface area contributed by atoms with E-state index in [2.05, 4.69) is 22.5 Å². The molecule has 1 aliphatic rings. The third kappa shape index (κ3) is 4.23. The Labute approximate surface area is 125 Å². The van der Waals surface area contributed by atoms with Crippen molar-refractivity contribution < 1.29 is 4.79 Å². The van der Waals surface area contributed by atoms with Crippen molar-refractivity contribution in [2.24, 2.45) is 0 Å². The normalized spacial score (nSPS) is 16.3. The van der Waals surface area contributed by atoms with E-state index in [1.54, 1.807) is 6.07 Å². The summed E-state index contributed by atoms with van der Waals surface area (Å²) in [5.41, 5.74) is 0.650. The molecule has 1 aliphatic heterocycles. The Morgan fingerprint density at radius 3 is 2.85 bits per heavy atom. The Morgan fingerprint density at radius 1 is 1.40 bits per heavy atom. The SMILES string of the molecule is CCCn1cc(Cl)cc1C(=O)NCCN1CCNCC1. The van der Waals surface area contributed by atoms with Crippen LogP contribution in [0.3, 0.4) is 0 Å². The third-order valence-electron chi connectivity index (χ3n) is 3.48. The van der Waals surface area contributed by atoms with E-state index >= 15 is 0 Å². The van der Waals surface area contributed by atoms with E-state index in [9.17, 15) is 4.79 Å². The highest BCUT2D eigenvalue weighted by Gasteiger charge is 2.13. The molecule has 0 saturated carbocycles. The topological polar surface area (TPSA) is 49.3 Å². The van der Waals surface area contributed by atoms with Gasteiger partial charge in [-0.15, -0.1) is 0 Å². The molecule has 1 aromatic rings. The average molecular weight is 299 g/mol. The zero-order chi connectivity index (χ0) is 14.4. The number of piperazine rings is 1. The van der Waals surface area contributed by atoms with E-state index in [4.69, 9.17) is 11.6 Å². The minimum atomic E-state index is -0.0412. The third-order valence-corrected chi connectivity index (χ3v) is 3.69. The smallest absolute Gasteiger partial charge is 0.268 e. The summed E-state index contributed by atoms with van der Waals surface area (Å²) in [5, 5.41) is 6.91. The zero-order valence-electron chi connectivity index (χ0n) is 12.0. The molecule has 1 amide bonds. The molecule has 5 nitrogen and oxygen atoms in total. The predicted molar refractivity (Wildman–Crippen MR) is 81.4 cm³/mol. The van der Waals surface area contributed by atoms with Gasteiger partial charge in [0.05, 0.1) is 5.02 Å². The van der Waals surface area contributed by atoms with Crippen LogP contribution in [-0.2, 0) is 6.54 Å². The molecule has 2 N–H and O–H groups in total. The molecule has 1 fully saturated rings. The summed E-state index contributed by atoms with van der Waals surface area (Å²) >= 11 is 5.99. The van der Waals surface area contributed by atoms with Gasteiger partial charge >= 0.3 is 0 Å². The number of nitrogens with one attached hydrogen (secondary N) is 2. The molecular formula is C14H23ClN4O. The van der Waals surface area contributed by atoms with Gasteiger partial charge in [0.15, 0.2) is 0 Å². The van der Waals surface area contributed by atoms with Crippen LogP contribution in [0.2, 0.25) is 5.02 Å². The maximum absolute atomic E-state index is 12.2. The van der Waals surface area contributed by atoms with Crippen molar-refractivity contribution in [2.45, 2.75) is 19.9 Å². The van der Waals surface area contributed by atoms with Gasteiger partial charge in [0, 0.05) is 52.0 Å². The number of hydrogen-bond donors (Lipinski definition) is 2. The fraction of sp³-hybridized carbons (Fsp3) is 0.643. The molecule has 0 bridgehead atoms. The highest BCUT2D eigenvalue weighted by atomic mass is 35.5. The molecule has 0 atom stereocenters. The monoisotopic (exact) mass is 298 g/mol. The van der Waals surface area contributed by atoms with Crippen molar-refractivity contribution in [3.8, 4) is 0 Å². The van der Waals surface area contributed by atoms with Gasteiger partial charge in [-0.1, -0.05) is 18.5 Å². The van der Waals surface area contributed by atoms with Crippen molar-refractivity contribution in [2.75, 3.05) is 39.3 Å². The van der Waals surface area contributed by atoms with Gasteiger partial charge in [-0.2, -0.15) is 0 Å². The zero-order valence-corrected chi connectivity index (χ0v) is 12.7. The number of aryl methyl sites for hydroxylation is 1. The van der Waals surface area contributed by atoms with Gasteiger partial charge < -0.3 is 15.2 Å². The van der Waals surface area contributed by atoms with Crippen molar-refractivity contribution in [3.63, 3.8) is 0 Å². The predicted octanol–water partition coefficient (Wildman–Crippen LogP) is 1.19. The second-order valence-electron chi connectivity index (χ2n) is 5.08. The molecule has 1 aromatic heterocycles. The first-order valence-corrected chi connectivity index (χ1v) is 7.65. The Balaban J connectivity index is 1.81. The quantitative estimate of drug-likeness (QED) is 0.829. The van der Waals surface area contributed by atoms with Crippen LogP contribution in [0.5, 0.6) is 0 Å². The lowest BCUT2D eigenvalue weighted by Gasteiger charge is -2.27. The van der Waals surface area contributed by atoms with Gasteiger partial charge in [0.2, 0.25) is 0 Å². The molecule has 6 heteroatoms. The van der Waals surface area contributed by atoms with Crippen LogP contribution >= 0.6 is 11.6 Å². The molecule has 0 aromatic carbocycles. The Hall–Kier alpha value is -1.04. The second kappa shape index (κ2) is 7.67. The number of carbonyl (C=O) groups is 1. The van der Waals surface area contributed by atoms with Gasteiger partial charge in [0.1, 0.15) is 5.69 Å². The maximum atomic E-state index is 12.2. The Morgan fingerprint density at radius 2 is 2.15 bits per heavy atom. The summed E-state index contributed by atoms with van der Waals surface area (Å²) in [6.45, 7) is 8.63. The lowest BCUT2D eigenvalue weighted by molar-refractivity contribution is 0.0938. The second-order valence-corrected chi connectivity index (χ2v) is 5.52. The standard InChI is InChI=1S/C14H23ClN4O/c1-2-6-19-11-12(15)10-13(19)14(20)17-5-9-18-7-3-16-4-8-18/h10-11,16H,2-9H2,1H3,(H,17,20). The van der Waals surface area contributed by atoms with Crippen LogP contribution in [-0.4, -0.2) is 54.6 Å². The number of halogens is 1. The van der Waals surface area contributed by atoms with Gasteiger partial charge in [-0.05, 0) is 12.5 Å². The number of hydrogen-bond acceptors (Lipinski definition) is 3. The highest BCUT2D eigenvalue weighted by Crippen LogP contribution is 2.14. The highest BCUT2D eigenvalue weighted by molar-refractivity contribution is 6.31. The largest absolute Gasteiger partial charge is 0.349 e. The maximum Gasteiger partial charge on any atom is 0.268 e. The summed E-state index contributed by atoms with van der Waals surface area (Å²) in [7, 11) is 0.